The Morgan fingerprint density at radius 3 is 2.77 bits per heavy atom. The maximum Gasteiger partial charge on any atom is 0.354 e. The van der Waals surface area contributed by atoms with Crippen LogP contribution in [0.3, 0.4) is 0 Å². The molecule has 0 amide bonds. The van der Waals surface area contributed by atoms with E-state index in [-0.39, 0.29) is 11.8 Å². The molecule has 166 valence electrons. The van der Waals surface area contributed by atoms with E-state index in [1.54, 1.807) is 19.3 Å². The van der Waals surface area contributed by atoms with Crippen molar-refractivity contribution in [3.05, 3.63) is 47.5 Å². The Hall–Kier alpha value is -2.67. The molecule has 1 N–H and O–H groups in total. The van der Waals surface area contributed by atoms with Crippen LogP contribution in [0.25, 0.3) is 0 Å². The van der Waals surface area contributed by atoms with Gasteiger partial charge in [-0.05, 0) is 43.2 Å². The van der Waals surface area contributed by atoms with Crippen LogP contribution in [-0.4, -0.2) is 47.3 Å². The van der Waals surface area contributed by atoms with Gasteiger partial charge >= 0.3 is 5.97 Å². The van der Waals surface area contributed by atoms with Gasteiger partial charge in [-0.1, -0.05) is 19.8 Å². The van der Waals surface area contributed by atoms with Gasteiger partial charge in [-0.3, -0.25) is 4.98 Å². The average molecular weight is 426 g/mol. The van der Waals surface area contributed by atoms with Gasteiger partial charge in [0, 0.05) is 30.9 Å². The fraction of sp³-hybridized carbons (Fsp3) is 0.542. The lowest BCUT2D eigenvalue weighted by Crippen LogP contribution is -2.38. The Kier molecular flexibility index (Phi) is 6.70. The third-order valence-corrected chi connectivity index (χ3v) is 6.43. The monoisotopic (exact) mass is 425 g/mol. The quantitative estimate of drug-likeness (QED) is 0.740. The molecule has 0 aromatic carbocycles. The summed E-state index contributed by atoms with van der Waals surface area (Å²) >= 11 is 0. The van der Waals surface area contributed by atoms with Crippen molar-refractivity contribution in [1.29, 1.82) is 0 Å². The van der Waals surface area contributed by atoms with Crippen LogP contribution in [0.1, 0.15) is 60.3 Å². The third-order valence-electron chi connectivity index (χ3n) is 6.43. The summed E-state index contributed by atoms with van der Waals surface area (Å²) < 4.78 is 12.0. The number of hydrogen-bond acceptors (Lipinski definition) is 6. The van der Waals surface area contributed by atoms with Gasteiger partial charge in [0.2, 0.25) is 0 Å². The lowest BCUT2D eigenvalue weighted by molar-refractivity contribution is 0.0394. The van der Waals surface area contributed by atoms with Crippen molar-refractivity contribution < 1.29 is 19.4 Å². The number of aromatic nitrogens is 2. The summed E-state index contributed by atoms with van der Waals surface area (Å²) in [6.45, 7) is 6.84. The number of pyridine rings is 2. The minimum absolute atomic E-state index is 0.0814. The molecule has 0 bridgehead atoms. The lowest BCUT2D eigenvalue weighted by Gasteiger charge is -2.34. The molecule has 7 nitrogen and oxygen atoms in total. The van der Waals surface area contributed by atoms with Gasteiger partial charge in [0.1, 0.15) is 11.9 Å². The molecule has 0 radical (unpaired) electrons. The number of morpholine rings is 1. The first-order valence-electron chi connectivity index (χ1n) is 11.1. The Labute approximate surface area is 183 Å². The SMILES string of the molecule is Cc1cc(C2CN(c3cncc(OCC4CCC(C)CC4)c3)CCO2)cnc1C(=O)O. The lowest BCUT2D eigenvalue weighted by atomic mass is 9.83. The number of carboxylic acids is 1. The third kappa shape index (κ3) is 5.34. The predicted molar refractivity (Wildman–Crippen MR) is 118 cm³/mol. The first-order valence-corrected chi connectivity index (χ1v) is 11.1. The van der Waals surface area contributed by atoms with E-state index >= 15 is 0 Å². The van der Waals surface area contributed by atoms with E-state index in [4.69, 9.17) is 9.47 Å². The largest absolute Gasteiger partial charge is 0.492 e. The standard InChI is InChI=1S/C24H31N3O4/c1-16-3-5-18(6-4-16)15-31-21-10-20(12-25-13-21)27-7-8-30-22(14-27)19-9-17(2)23(24(28)29)26-11-19/h9-13,16,18,22H,3-8,14-15H2,1-2H3,(H,28,29). The highest BCUT2D eigenvalue weighted by Gasteiger charge is 2.24. The first kappa shape index (κ1) is 21.6. The van der Waals surface area contributed by atoms with E-state index < -0.39 is 5.97 Å². The van der Waals surface area contributed by atoms with Crippen molar-refractivity contribution in [3.63, 3.8) is 0 Å². The van der Waals surface area contributed by atoms with Crippen molar-refractivity contribution >= 4 is 11.7 Å². The summed E-state index contributed by atoms with van der Waals surface area (Å²) in [4.78, 5) is 22.0. The van der Waals surface area contributed by atoms with E-state index in [0.29, 0.717) is 24.6 Å². The van der Waals surface area contributed by atoms with Gasteiger partial charge < -0.3 is 19.5 Å². The van der Waals surface area contributed by atoms with Gasteiger partial charge in [0.25, 0.3) is 0 Å². The van der Waals surface area contributed by atoms with E-state index in [1.807, 2.05) is 12.3 Å². The minimum Gasteiger partial charge on any atom is -0.492 e. The maximum atomic E-state index is 11.2. The van der Waals surface area contributed by atoms with Crippen molar-refractivity contribution in [2.45, 2.75) is 45.6 Å². The molecule has 1 unspecified atom stereocenters. The molecule has 1 atom stereocenters. The number of anilines is 1. The first-order chi connectivity index (χ1) is 15.0. The number of aryl methyl sites for hydroxylation is 1. The molecule has 0 spiro atoms. The number of nitrogens with zero attached hydrogens (tertiary/aromatic N) is 3. The van der Waals surface area contributed by atoms with E-state index in [9.17, 15) is 9.90 Å². The molecular weight excluding hydrogens is 394 g/mol. The van der Waals surface area contributed by atoms with Crippen LogP contribution >= 0.6 is 0 Å². The van der Waals surface area contributed by atoms with Gasteiger partial charge in [-0.25, -0.2) is 9.78 Å². The smallest absolute Gasteiger partial charge is 0.354 e. The highest BCUT2D eigenvalue weighted by molar-refractivity contribution is 5.86. The number of ether oxygens (including phenoxy) is 2. The average Bonchev–Trinajstić information content (AvgIpc) is 2.79. The van der Waals surface area contributed by atoms with E-state index in [2.05, 4.69) is 27.9 Å². The molecule has 3 heterocycles. The fourth-order valence-corrected chi connectivity index (χ4v) is 4.45. The summed E-state index contributed by atoms with van der Waals surface area (Å²) in [7, 11) is 0. The van der Waals surface area contributed by atoms with Crippen LogP contribution in [0.5, 0.6) is 5.75 Å². The van der Waals surface area contributed by atoms with E-state index in [1.165, 1.54) is 25.7 Å². The molecule has 1 saturated carbocycles. The summed E-state index contributed by atoms with van der Waals surface area (Å²) in [6, 6.07) is 3.91. The zero-order chi connectivity index (χ0) is 21.8. The highest BCUT2D eigenvalue weighted by Crippen LogP contribution is 2.30. The van der Waals surface area contributed by atoms with Crippen LogP contribution in [0.15, 0.2) is 30.7 Å². The van der Waals surface area contributed by atoms with Gasteiger partial charge in [0.15, 0.2) is 5.69 Å². The number of hydrogen-bond donors (Lipinski definition) is 1. The molecular formula is C24H31N3O4. The summed E-state index contributed by atoms with van der Waals surface area (Å²) in [6.07, 6.45) is 10.2. The van der Waals surface area contributed by atoms with Crippen molar-refractivity contribution in [3.8, 4) is 5.75 Å². The Morgan fingerprint density at radius 2 is 2.03 bits per heavy atom. The fourth-order valence-electron chi connectivity index (χ4n) is 4.45. The van der Waals surface area contributed by atoms with Gasteiger partial charge in [-0.15, -0.1) is 0 Å². The second-order valence-electron chi connectivity index (χ2n) is 8.86. The van der Waals surface area contributed by atoms with Crippen LogP contribution in [-0.2, 0) is 4.74 Å². The topological polar surface area (TPSA) is 84.8 Å². The molecule has 1 aliphatic heterocycles. The summed E-state index contributed by atoms with van der Waals surface area (Å²) in [5.74, 6) is 1.27. The second kappa shape index (κ2) is 9.64. The van der Waals surface area contributed by atoms with Crippen LogP contribution in [0, 0.1) is 18.8 Å². The van der Waals surface area contributed by atoms with Crippen molar-refractivity contribution in [2.24, 2.45) is 11.8 Å². The molecule has 2 aliphatic rings. The molecule has 1 saturated heterocycles. The molecule has 2 aromatic heterocycles. The molecule has 31 heavy (non-hydrogen) atoms. The Bertz CT molecular complexity index is 911. The Balaban J connectivity index is 1.39. The van der Waals surface area contributed by atoms with Crippen molar-refractivity contribution in [1.82, 2.24) is 9.97 Å². The number of rotatable bonds is 6. The number of aromatic carboxylic acids is 1. The number of carbonyl (C=O) groups is 1. The highest BCUT2D eigenvalue weighted by atomic mass is 16.5. The van der Waals surface area contributed by atoms with Crippen LogP contribution in [0.4, 0.5) is 5.69 Å². The molecule has 2 fully saturated rings. The van der Waals surface area contributed by atoms with Crippen molar-refractivity contribution in [2.75, 3.05) is 31.2 Å². The van der Waals surface area contributed by atoms with Gasteiger partial charge in [-0.2, -0.15) is 0 Å². The number of carboxylic acid groups (broad SMARTS) is 1. The van der Waals surface area contributed by atoms with Crippen LogP contribution in [0.2, 0.25) is 0 Å². The van der Waals surface area contributed by atoms with Gasteiger partial charge in [0.05, 0.1) is 31.3 Å². The molecule has 7 heteroatoms. The minimum atomic E-state index is -1.01. The predicted octanol–water partition coefficient (Wildman–Crippen LogP) is 4.27. The summed E-state index contributed by atoms with van der Waals surface area (Å²) in [5, 5.41) is 9.20. The zero-order valence-electron chi connectivity index (χ0n) is 18.3. The normalized spacial score (nSPS) is 24.1. The maximum absolute atomic E-state index is 11.2. The summed E-state index contributed by atoms with van der Waals surface area (Å²) in [5.41, 5.74) is 2.62. The zero-order valence-corrected chi connectivity index (χ0v) is 18.3. The second-order valence-corrected chi connectivity index (χ2v) is 8.86. The molecule has 1 aliphatic carbocycles. The van der Waals surface area contributed by atoms with E-state index in [0.717, 1.165) is 36.1 Å². The van der Waals surface area contributed by atoms with Crippen LogP contribution < -0.4 is 9.64 Å². The Morgan fingerprint density at radius 1 is 1.23 bits per heavy atom. The molecule has 2 aromatic rings. The molecule has 4 rings (SSSR count).